The molecule has 4 rings (SSSR count). The standard InChI is InChI=1S/C28H39N7O3/c1-6-13-29-26(36)19-9-10-21(24(17-19)38-5)31-28-30-18-23-25(32-28)35(22(8-3)27(37)33(23)4)20-11-15-34(14-7-2)16-12-20/h7,9-10,14,17-18,20,22H,6,8,11-13,15-16H2,1-5H3,(H,29,36)(H,30,31,32)/t22-/m1/s1. The van der Waals surface area contributed by atoms with Gasteiger partial charge in [-0.2, -0.15) is 4.98 Å². The number of carbonyl (C=O) groups excluding carboxylic acids is 2. The third kappa shape index (κ3) is 5.54. The van der Waals surface area contributed by atoms with Crippen LogP contribution in [0.4, 0.5) is 23.1 Å². The summed E-state index contributed by atoms with van der Waals surface area (Å²) in [4.78, 5) is 41.3. The molecule has 10 heteroatoms. The van der Waals surface area contributed by atoms with E-state index in [9.17, 15) is 9.59 Å². The van der Waals surface area contributed by atoms with Crippen LogP contribution in [0.15, 0.2) is 36.7 Å². The van der Waals surface area contributed by atoms with Crippen molar-refractivity contribution in [2.24, 2.45) is 0 Å². The first kappa shape index (κ1) is 27.2. The number of likely N-dealkylation sites (tertiary alicyclic amines) is 1. The maximum atomic E-state index is 13.3. The second-order valence-corrected chi connectivity index (χ2v) is 9.68. The van der Waals surface area contributed by atoms with Gasteiger partial charge in [-0.05, 0) is 57.0 Å². The minimum atomic E-state index is -0.274. The molecule has 1 fully saturated rings. The van der Waals surface area contributed by atoms with Gasteiger partial charge in [-0.1, -0.05) is 19.9 Å². The van der Waals surface area contributed by atoms with Gasteiger partial charge in [0.2, 0.25) is 11.9 Å². The van der Waals surface area contributed by atoms with Crippen LogP contribution in [0.2, 0.25) is 0 Å². The summed E-state index contributed by atoms with van der Waals surface area (Å²) in [5, 5.41) is 6.14. The molecule has 1 saturated heterocycles. The average Bonchev–Trinajstić information content (AvgIpc) is 2.94. The number of piperidine rings is 1. The van der Waals surface area contributed by atoms with E-state index in [0.29, 0.717) is 41.6 Å². The fourth-order valence-electron chi connectivity index (χ4n) is 5.18. The van der Waals surface area contributed by atoms with E-state index in [-0.39, 0.29) is 23.9 Å². The van der Waals surface area contributed by atoms with Gasteiger partial charge in [0.25, 0.3) is 5.91 Å². The van der Waals surface area contributed by atoms with Crippen molar-refractivity contribution in [3.05, 3.63) is 42.2 Å². The molecule has 204 valence electrons. The van der Waals surface area contributed by atoms with E-state index in [1.165, 1.54) is 0 Å². The van der Waals surface area contributed by atoms with Crippen molar-refractivity contribution in [3.63, 3.8) is 0 Å². The summed E-state index contributed by atoms with van der Waals surface area (Å²) in [6.45, 7) is 8.58. The Bertz CT molecular complexity index is 1180. The molecule has 0 radical (unpaired) electrons. The van der Waals surface area contributed by atoms with Gasteiger partial charge in [0, 0.05) is 38.3 Å². The predicted molar refractivity (Wildman–Crippen MR) is 150 cm³/mol. The molecule has 0 spiro atoms. The topological polar surface area (TPSA) is 103 Å². The summed E-state index contributed by atoms with van der Waals surface area (Å²) in [5.41, 5.74) is 1.88. The number of hydrogen-bond donors (Lipinski definition) is 2. The number of likely N-dealkylation sites (N-methyl/N-ethyl adjacent to an activating group) is 1. The number of fused-ring (bicyclic) bond motifs is 1. The van der Waals surface area contributed by atoms with Crippen molar-refractivity contribution < 1.29 is 14.3 Å². The number of benzene rings is 1. The van der Waals surface area contributed by atoms with Gasteiger partial charge in [-0.15, -0.1) is 0 Å². The quantitative estimate of drug-likeness (QED) is 0.512. The lowest BCUT2D eigenvalue weighted by Gasteiger charge is -2.46. The maximum absolute atomic E-state index is 13.3. The maximum Gasteiger partial charge on any atom is 0.251 e. The van der Waals surface area contributed by atoms with E-state index in [1.54, 1.807) is 43.5 Å². The molecule has 2 aromatic rings. The van der Waals surface area contributed by atoms with Crippen LogP contribution in [-0.2, 0) is 4.79 Å². The van der Waals surface area contributed by atoms with Crippen molar-refractivity contribution in [2.45, 2.75) is 58.5 Å². The molecule has 0 saturated carbocycles. The molecule has 2 aliphatic rings. The Labute approximate surface area is 225 Å². The Morgan fingerprint density at radius 1 is 1.24 bits per heavy atom. The Kier molecular flexibility index (Phi) is 8.70. The number of ether oxygens (including phenoxy) is 1. The van der Waals surface area contributed by atoms with Gasteiger partial charge in [0.15, 0.2) is 5.82 Å². The summed E-state index contributed by atoms with van der Waals surface area (Å²) in [6.07, 6.45) is 9.35. The highest BCUT2D eigenvalue weighted by atomic mass is 16.5. The van der Waals surface area contributed by atoms with Crippen LogP contribution < -0.4 is 25.2 Å². The number of carbonyl (C=O) groups is 2. The number of rotatable bonds is 9. The van der Waals surface area contributed by atoms with E-state index < -0.39 is 0 Å². The van der Waals surface area contributed by atoms with E-state index in [1.807, 2.05) is 20.8 Å². The van der Waals surface area contributed by atoms with Crippen LogP contribution in [0.25, 0.3) is 0 Å². The molecule has 1 aromatic heterocycles. The van der Waals surface area contributed by atoms with Gasteiger partial charge >= 0.3 is 0 Å². The molecule has 3 heterocycles. The molecule has 2 amide bonds. The Morgan fingerprint density at radius 3 is 2.66 bits per heavy atom. The average molecular weight is 522 g/mol. The first-order valence-electron chi connectivity index (χ1n) is 13.4. The summed E-state index contributed by atoms with van der Waals surface area (Å²) < 4.78 is 5.57. The van der Waals surface area contributed by atoms with Crippen molar-refractivity contribution in [2.75, 3.05) is 48.9 Å². The summed E-state index contributed by atoms with van der Waals surface area (Å²) in [6, 6.07) is 5.18. The highest BCUT2D eigenvalue weighted by molar-refractivity contribution is 6.04. The SMILES string of the molecule is CC=CN1CCC(N2c3nc(Nc4ccc(C(=O)NCCC)cc4OC)ncc3N(C)C(=O)[C@H]2CC)CC1. The van der Waals surface area contributed by atoms with Crippen molar-refractivity contribution in [3.8, 4) is 5.75 Å². The minimum Gasteiger partial charge on any atom is -0.495 e. The minimum absolute atomic E-state index is 0.0683. The van der Waals surface area contributed by atoms with Crippen LogP contribution in [0.5, 0.6) is 5.75 Å². The van der Waals surface area contributed by atoms with E-state index in [0.717, 1.165) is 38.2 Å². The molecule has 0 aliphatic carbocycles. The summed E-state index contributed by atoms with van der Waals surface area (Å²) >= 11 is 0. The van der Waals surface area contributed by atoms with Gasteiger partial charge in [-0.25, -0.2) is 4.98 Å². The number of hydrogen-bond acceptors (Lipinski definition) is 8. The van der Waals surface area contributed by atoms with E-state index in [4.69, 9.17) is 9.72 Å². The van der Waals surface area contributed by atoms with Crippen LogP contribution in [0, 0.1) is 0 Å². The Balaban J connectivity index is 1.64. The lowest BCUT2D eigenvalue weighted by molar-refractivity contribution is -0.120. The first-order valence-corrected chi connectivity index (χ1v) is 13.4. The largest absolute Gasteiger partial charge is 0.495 e. The summed E-state index contributed by atoms with van der Waals surface area (Å²) in [5.74, 6) is 1.60. The predicted octanol–water partition coefficient (Wildman–Crippen LogP) is 3.93. The smallest absolute Gasteiger partial charge is 0.251 e. The van der Waals surface area contributed by atoms with Crippen molar-refractivity contribution in [1.29, 1.82) is 0 Å². The summed E-state index contributed by atoms with van der Waals surface area (Å²) in [7, 11) is 3.35. The first-order chi connectivity index (χ1) is 18.4. The normalized spacial score (nSPS) is 18.1. The molecule has 38 heavy (non-hydrogen) atoms. The van der Waals surface area contributed by atoms with Gasteiger partial charge in [-0.3, -0.25) is 9.59 Å². The molecule has 1 atom stereocenters. The van der Waals surface area contributed by atoms with Gasteiger partial charge in [0.1, 0.15) is 17.5 Å². The molecule has 2 N–H and O–H groups in total. The fourth-order valence-corrected chi connectivity index (χ4v) is 5.18. The molecule has 10 nitrogen and oxygen atoms in total. The number of amides is 2. The number of methoxy groups -OCH3 is 1. The van der Waals surface area contributed by atoms with Gasteiger partial charge < -0.3 is 30.1 Å². The second-order valence-electron chi connectivity index (χ2n) is 9.68. The van der Waals surface area contributed by atoms with Gasteiger partial charge in [0.05, 0.1) is 19.0 Å². The molecule has 1 aromatic carbocycles. The monoisotopic (exact) mass is 521 g/mol. The molecular weight excluding hydrogens is 482 g/mol. The highest BCUT2D eigenvalue weighted by Crippen LogP contribution is 2.39. The number of allylic oxidation sites excluding steroid dienone is 1. The molecular formula is C28H39N7O3. The van der Waals surface area contributed by atoms with E-state index >= 15 is 0 Å². The lowest BCUT2D eigenvalue weighted by atomic mass is 9.97. The second kappa shape index (κ2) is 12.1. The van der Waals surface area contributed by atoms with Crippen molar-refractivity contribution >= 4 is 35.0 Å². The van der Waals surface area contributed by atoms with Crippen LogP contribution in [-0.4, -0.2) is 72.6 Å². The lowest BCUT2D eigenvalue weighted by Crippen LogP contribution is -2.58. The van der Waals surface area contributed by atoms with Crippen LogP contribution in [0.3, 0.4) is 0 Å². The Hall–Kier alpha value is -3.82. The van der Waals surface area contributed by atoms with Crippen LogP contribution >= 0.6 is 0 Å². The highest BCUT2D eigenvalue weighted by Gasteiger charge is 2.41. The third-order valence-corrected chi connectivity index (χ3v) is 7.19. The number of anilines is 4. The number of nitrogens with one attached hydrogen (secondary N) is 2. The number of nitrogens with zero attached hydrogens (tertiary/aromatic N) is 5. The Morgan fingerprint density at radius 2 is 2.00 bits per heavy atom. The third-order valence-electron chi connectivity index (χ3n) is 7.19. The van der Waals surface area contributed by atoms with E-state index in [2.05, 4.69) is 37.7 Å². The zero-order chi connectivity index (χ0) is 27.2. The van der Waals surface area contributed by atoms with Crippen molar-refractivity contribution in [1.82, 2.24) is 20.2 Å². The van der Waals surface area contributed by atoms with Crippen LogP contribution in [0.1, 0.15) is 56.8 Å². The molecule has 0 bridgehead atoms. The zero-order valence-electron chi connectivity index (χ0n) is 23.0. The molecule has 2 aliphatic heterocycles. The fraction of sp³-hybridized carbons (Fsp3) is 0.500. The zero-order valence-corrected chi connectivity index (χ0v) is 23.0. The number of aromatic nitrogens is 2. The molecule has 0 unspecified atom stereocenters.